The van der Waals surface area contributed by atoms with E-state index in [1.165, 1.54) is 6.08 Å². The number of allylic oxidation sites excluding steroid dienone is 1. The Bertz CT molecular complexity index is 547. The Hall–Kier alpha value is -2.42. The van der Waals surface area contributed by atoms with E-state index in [1.807, 2.05) is 18.2 Å². The predicted molar refractivity (Wildman–Crippen MR) is 68.5 cm³/mol. The van der Waals surface area contributed by atoms with Gasteiger partial charge in [0.25, 0.3) is 0 Å². The molecule has 1 aromatic heterocycles. The number of anilines is 1. The number of nitrogen functional groups attached to an aromatic ring is 1. The molecule has 1 aromatic carbocycles. The first-order valence-electron chi connectivity index (χ1n) is 5.24. The van der Waals surface area contributed by atoms with Crippen LogP contribution in [-0.4, -0.2) is 10.8 Å². The number of hydrogen-bond acceptors (Lipinski definition) is 3. The van der Waals surface area contributed by atoms with Crippen LogP contribution in [0, 0.1) is 0 Å². The summed E-state index contributed by atoms with van der Waals surface area (Å²) in [4.78, 5) is 15.7. The first kappa shape index (κ1) is 11.1. The maximum absolute atomic E-state index is 11.8. The third kappa shape index (κ3) is 2.78. The second kappa shape index (κ2) is 5.07. The van der Waals surface area contributed by atoms with Crippen molar-refractivity contribution in [2.24, 2.45) is 0 Å². The minimum atomic E-state index is -0.0400. The molecule has 0 fully saturated rings. The van der Waals surface area contributed by atoms with Gasteiger partial charge in [-0.15, -0.1) is 0 Å². The van der Waals surface area contributed by atoms with Gasteiger partial charge >= 0.3 is 0 Å². The van der Waals surface area contributed by atoms with E-state index in [0.29, 0.717) is 11.3 Å². The normalized spacial score (nSPS) is 10.6. The van der Waals surface area contributed by atoms with Crippen molar-refractivity contribution in [2.45, 2.75) is 0 Å². The number of rotatable bonds is 3. The van der Waals surface area contributed by atoms with Gasteiger partial charge in [-0.05, 0) is 18.2 Å². The van der Waals surface area contributed by atoms with Crippen LogP contribution in [0.1, 0.15) is 15.9 Å². The number of benzene rings is 1. The van der Waals surface area contributed by atoms with Crippen molar-refractivity contribution in [2.75, 3.05) is 5.73 Å². The highest BCUT2D eigenvalue weighted by Gasteiger charge is 2.00. The van der Waals surface area contributed by atoms with Gasteiger partial charge < -0.3 is 5.73 Å². The Labute approximate surface area is 99.6 Å². The Morgan fingerprint density at radius 2 is 1.94 bits per heavy atom. The maximum Gasteiger partial charge on any atom is 0.185 e. The quantitative estimate of drug-likeness (QED) is 0.644. The summed E-state index contributed by atoms with van der Waals surface area (Å²) in [5.74, 6) is -0.0400. The molecule has 17 heavy (non-hydrogen) atoms. The van der Waals surface area contributed by atoms with Gasteiger partial charge in [0.1, 0.15) is 0 Å². The Balaban J connectivity index is 2.17. The first-order chi connectivity index (χ1) is 8.27. The lowest BCUT2D eigenvalue weighted by atomic mass is 10.1. The molecule has 0 bridgehead atoms. The number of nitrogens with two attached hydrogens (primary N) is 1. The Morgan fingerprint density at radius 1 is 1.18 bits per heavy atom. The lowest BCUT2D eigenvalue weighted by molar-refractivity contribution is 0.104. The van der Waals surface area contributed by atoms with Crippen LogP contribution in [-0.2, 0) is 0 Å². The zero-order valence-corrected chi connectivity index (χ0v) is 9.21. The molecule has 0 unspecified atom stereocenters. The van der Waals surface area contributed by atoms with E-state index in [2.05, 4.69) is 4.98 Å². The molecular formula is C14H12N2O. The van der Waals surface area contributed by atoms with Crippen molar-refractivity contribution in [1.29, 1.82) is 0 Å². The second-order valence-corrected chi connectivity index (χ2v) is 3.57. The van der Waals surface area contributed by atoms with E-state index in [1.54, 1.807) is 36.7 Å². The molecule has 0 aliphatic carbocycles. The van der Waals surface area contributed by atoms with Crippen molar-refractivity contribution in [3.63, 3.8) is 0 Å². The maximum atomic E-state index is 11.8. The largest absolute Gasteiger partial charge is 0.397 e. The fraction of sp³-hybridized carbons (Fsp3) is 0. The molecule has 1 heterocycles. The molecule has 0 aliphatic rings. The van der Waals surface area contributed by atoms with Crippen molar-refractivity contribution in [3.05, 3.63) is 66.0 Å². The summed E-state index contributed by atoms with van der Waals surface area (Å²) in [6.07, 6.45) is 6.42. The highest BCUT2D eigenvalue weighted by atomic mass is 16.1. The molecule has 0 atom stereocenters. The van der Waals surface area contributed by atoms with Crippen LogP contribution >= 0.6 is 0 Å². The molecule has 0 saturated carbocycles. The van der Waals surface area contributed by atoms with E-state index in [9.17, 15) is 4.79 Å². The number of ketones is 1. The Kier molecular flexibility index (Phi) is 3.31. The minimum absolute atomic E-state index is 0.0400. The van der Waals surface area contributed by atoms with E-state index >= 15 is 0 Å². The predicted octanol–water partition coefficient (Wildman–Crippen LogP) is 2.56. The van der Waals surface area contributed by atoms with Crippen LogP contribution in [0.25, 0.3) is 6.08 Å². The molecule has 3 nitrogen and oxygen atoms in total. The van der Waals surface area contributed by atoms with E-state index in [0.717, 1.165) is 5.56 Å². The summed E-state index contributed by atoms with van der Waals surface area (Å²) < 4.78 is 0. The standard InChI is InChI=1S/C14H12N2O/c15-13-10-16-9-8-11(13)6-7-14(17)12-4-2-1-3-5-12/h1-10H,15H2/b7-6+. The van der Waals surface area contributed by atoms with Crippen molar-refractivity contribution in [3.8, 4) is 0 Å². The SMILES string of the molecule is Nc1cnccc1/C=C/C(=O)c1ccccc1. The van der Waals surface area contributed by atoms with E-state index < -0.39 is 0 Å². The van der Waals surface area contributed by atoms with Crippen molar-refractivity contribution < 1.29 is 4.79 Å². The summed E-state index contributed by atoms with van der Waals surface area (Å²) in [5.41, 5.74) is 7.74. The lowest BCUT2D eigenvalue weighted by Gasteiger charge is -1.98. The number of hydrogen-bond donors (Lipinski definition) is 1. The fourth-order valence-corrected chi connectivity index (χ4v) is 1.43. The topological polar surface area (TPSA) is 56.0 Å². The molecule has 2 N–H and O–H groups in total. The molecule has 3 heteroatoms. The van der Waals surface area contributed by atoms with Gasteiger partial charge in [-0.1, -0.05) is 30.3 Å². The van der Waals surface area contributed by atoms with Gasteiger partial charge in [0.05, 0.1) is 11.9 Å². The van der Waals surface area contributed by atoms with Gasteiger partial charge in [-0.25, -0.2) is 0 Å². The van der Waals surface area contributed by atoms with Gasteiger partial charge in [0, 0.05) is 17.3 Å². The highest BCUT2D eigenvalue weighted by Crippen LogP contribution is 2.11. The summed E-state index contributed by atoms with van der Waals surface area (Å²) in [6.45, 7) is 0. The third-order valence-electron chi connectivity index (χ3n) is 2.36. The average Bonchev–Trinajstić information content (AvgIpc) is 2.38. The average molecular weight is 224 g/mol. The number of nitrogens with zero attached hydrogens (tertiary/aromatic N) is 1. The molecule has 84 valence electrons. The third-order valence-corrected chi connectivity index (χ3v) is 2.36. The van der Waals surface area contributed by atoms with Crippen molar-refractivity contribution in [1.82, 2.24) is 4.98 Å². The zero-order chi connectivity index (χ0) is 12.1. The minimum Gasteiger partial charge on any atom is -0.397 e. The van der Waals surface area contributed by atoms with Gasteiger partial charge in [-0.2, -0.15) is 0 Å². The molecule has 2 rings (SSSR count). The lowest BCUT2D eigenvalue weighted by Crippen LogP contribution is -1.94. The smallest absolute Gasteiger partial charge is 0.185 e. The van der Waals surface area contributed by atoms with Crippen LogP contribution in [0.4, 0.5) is 5.69 Å². The van der Waals surface area contributed by atoms with E-state index in [4.69, 9.17) is 5.73 Å². The molecule has 0 saturated heterocycles. The summed E-state index contributed by atoms with van der Waals surface area (Å²) in [6, 6.07) is 10.9. The highest BCUT2D eigenvalue weighted by molar-refractivity contribution is 6.07. The molecule has 0 aliphatic heterocycles. The molecule has 0 amide bonds. The number of carbonyl (C=O) groups excluding carboxylic acids is 1. The molecule has 0 radical (unpaired) electrons. The van der Waals surface area contributed by atoms with Gasteiger partial charge in [-0.3, -0.25) is 9.78 Å². The number of aromatic nitrogens is 1. The van der Waals surface area contributed by atoms with Gasteiger partial charge in [0.2, 0.25) is 0 Å². The molecular weight excluding hydrogens is 212 g/mol. The Morgan fingerprint density at radius 3 is 2.65 bits per heavy atom. The van der Waals surface area contributed by atoms with Crippen LogP contribution < -0.4 is 5.73 Å². The van der Waals surface area contributed by atoms with Crippen LogP contribution in [0.15, 0.2) is 54.9 Å². The van der Waals surface area contributed by atoms with Crippen molar-refractivity contribution >= 4 is 17.5 Å². The summed E-state index contributed by atoms with van der Waals surface area (Å²) >= 11 is 0. The second-order valence-electron chi connectivity index (χ2n) is 3.57. The van der Waals surface area contributed by atoms with Crippen LogP contribution in [0.2, 0.25) is 0 Å². The summed E-state index contributed by atoms with van der Waals surface area (Å²) in [7, 11) is 0. The number of carbonyl (C=O) groups is 1. The van der Waals surface area contributed by atoms with E-state index in [-0.39, 0.29) is 5.78 Å². The zero-order valence-electron chi connectivity index (χ0n) is 9.21. The number of pyridine rings is 1. The van der Waals surface area contributed by atoms with Gasteiger partial charge in [0.15, 0.2) is 5.78 Å². The molecule has 0 spiro atoms. The van der Waals surface area contributed by atoms with Crippen LogP contribution in [0.3, 0.4) is 0 Å². The monoisotopic (exact) mass is 224 g/mol. The summed E-state index contributed by atoms with van der Waals surface area (Å²) in [5, 5.41) is 0. The molecule has 2 aromatic rings. The van der Waals surface area contributed by atoms with Crippen LogP contribution in [0.5, 0.6) is 0 Å². The first-order valence-corrected chi connectivity index (χ1v) is 5.24. The fourth-order valence-electron chi connectivity index (χ4n) is 1.43.